The molecule has 0 saturated heterocycles. The van der Waals surface area contributed by atoms with Gasteiger partial charge >= 0.3 is 0 Å². The molecule has 2 aromatic rings. The Balaban J connectivity index is 2.18. The van der Waals surface area contributed by atoms with E-state index in [1.165, 1.54) is 0 Å². The third-order valence-corrected chi connectivity index (χ3v) is 3.17. The average Bonchev–Trinajstić information content (AvgIpc) is 2.66. The van der Waals surface area contributed by atoms with Crippen molar-refractivity contribution in [3.63, 3.8) is 0 Å². The van der Waals surface area contributed by atoms with Crippen molar-refractivity contribution < 1.29 is 9.84 Å². The van der Waals surface area contributed by atoms with Crippen LogP contribution in [0.15, 0.2) is 18.2 Å². The fourth-order valence-corrected chi connectivity index (χ4v) is 2.30. The number of benzene rings is 1. The molecule has 0 aliphatic carbocycles. The lowest BCUT2D eigenvalue weighted by Crippen LogP contribution is -2.05. The van der Waals surface area contributed by atoms with Crippen LogP contribution in [-0.4, -0.2) is 14.9 Å². The van der Waals surface area contributed by atoms with E-state index < -0.39 is 0 Å². The molecule has 1 N–H and O–H groups in total. The minimum absolute atomic E-state index is 0.0584. The number of aliphatic hydroxyl groups is 1. The highest BCUT2D eigenvalue weighted by molar-refractivity contribution is 5.43. The summed E-state index contributed by atoms with van der Waals surface area (Å²) in [5.41, 5.74) is 5.04. The van der Waals surface area contributed by atoms with Crippen LogP contribution in [-0.2, 0) is 20.3 Å². The molecule has 0 spiro atoms. The predicted octanol–water partition coefficient (Wildman–Crippen LogP) is 2.42. The third kappa shape index (κ3) is 2.96. The van der Waals surface area contributed by atoms with Gasteiger partial charge in [-0.25, -0.2) is 0 Å². The normalized spacial score (nSPS) is 10.8. The monoisotopic (exact) mass is 260 g/mol. The Bertz CT molecular complexity index is 565. The molecule has 0 saturated carbocycles. The molecule has 0 aliphatic rings. The van der Waals surface area contributed by atoms with Crippen molar-refractivity contribution in [2.75, 3.05) is 0 Å². The van der Waals surface area contributed by atoms with Gasteiger partial charge in [-0.2, -0.15) is 5.10 Å². The van der Waals surface area contributed by atoms with Crippen LogP contribution in [0.2, 0.25) is 0 Å². The minimum Gasteiger partial charge on any atom is -0.487 e. The molecular weight excluding hydrogens is 240 g/mol. The van der Waals surface area contributed by atoms with E-state index in [1.807, 2.05) is 50.7 Å². The third-order valence-electron chi connectivity index (χ3n) is 3.17. The van der Waals surface area contributed by atoms with Gasteiger partial charge in [0, 0.05) is 7.05 Å². The van der Waals surface area contributed by atoms with Crippen molar-refractivity contribution in [1.29, 1.82) is 0 Å². The zero-order valence-electron chi connectivity index (χ0n) is 11.9. The molecule has 2 rings (SSSR count). The van der Waals surface area contributed by atoms with Crippen molar-refractivity contribution in [1.82, 2.24) is 9.78 Å². The molecule has 1 aromatic carbocycles. The highest BCUT2D eigenvalue weighted by atomic mass is 16.5. The van der Waals surface area contributed by atoms with E-state index in [-0.39, 0.29) is 6.61 Å². The summed E-state index contributed by atoms with van der Waals surface area (Å²) in [5, 5.41) is 13.5. The summed E-state index contributed by atoms with van der Waals surface area (Å²) in [6.07, 6.45) is 0. The number of nitrogens with zero attached hydrogens (tertiary/aromatic N) is 2. The molecule has 4 nitrogen and oxygen atoms in total. The Labute approximate surface area is 113 Å². The lowest BCUT2D eigenvalue weighted by atomic mass is 10.1. The van der Waals surface area contributed by atoms with E-state index >= 15 is 0 Å². The van der Waals surface area contributed by atoms with E-state index in [0.717, 1.165) is 33.8 Å². The van der Waals surface area contributed by atoms with Crippen molar-refractivity contribution >= 4 is 0 Å². The molecule has 0 radical (unpaired) electrons. The fraction of sp³-hybridized carbons (Fsp3) is 0.400. The summed E-state index contributed by atoms with van der Waals surface area (Å²) in [4.78, 5) is 0. The van der Waals surface area contributed by atoms with Crippen molar-refractivity contribution in [3.05, 3.63) is 46.3 Å². The van der Waals surface area contributed by atoms with E-state index in [2.05, 4.69) is 5.10 Å². The smallest absolute Gasteiger partial charge is 0.130 e. The van der Waals surface area contributed by atoms with E-state index in [0.29, 0.717) is 6.61 Å². The quantitative estimate of drug-likeness (QED) is 0.918. The summed E-state index contributed by atoms with van der Waals surface area (Å²) in [6, 6.07) is 5.93. The molecule has 0 unspecified atom stereocenters. The van der Waals surface area contributed by atoms with Gasteiger partial charge in [0.05, 0.1) is 18.0 Å². The van der Waals surface area contributed by atoms with Crippen LogP contribution >= 0.6 is 0 Å². The summed E-state index contributed by atoms with van der Waals surface area (Å²) < 4.78 is 7.74. The Morgan fingerprint density at radius 1 is 1.16 bits per heavy atom. The van der Waals surface area contributed by atoms with Crippen LogP contribution in [0.25, 0.3) is 0 Å². The highest BCUT2D eigenvalue weighted by Crippen LogP contribution is 2.25. The number of ether oxygens (including phenoxy) is 1. The van der Waals surface area contributed by atoms with Gasteiger partial charge in [-0.1, -0.05) is 12.1 Å². The molecule has 0 amide bonds. The molecule has 0 aliphatic heterocycles. The first-order valence-corrected chi connectivity index (χ1v) is 6.34. The van der Waals surface area contributed by atoms with Gasteiger partial charge in [0.25, 0.3) is 0 Å². The first-order chi connectivity index (χ1) is 9.01. The summed E-state index contributed by atoms with van der Waals surface area (Å²) >= 11 is 0. The number of rotatable bonds is 4. The summed E-state index contributed by atoms with van der Waals surface area (Å²) in [7, 11) is 1.92. The van der Waals surface area contributed by atoms with Gasteiger partial charge in [-0.05, 0) is 43.5 Å². The Morgan fingerprint density at radius 2 is 1.79 bits per heavy atom. The highest BCUT2D eigenvalue weighted by Gasteiger charge is 2.08. The lowest BCUT2D eigenvalue weighted by Gasteiger charge is -2.13. The maximum Gasteiger partial charge on any atom is 0.130 e. The van der Waals surface area contributed by atoms with Crippen LogP contribution in [0.5, 0.6) is 5.75 Å². The molecule has 4 heteroatoms. The van der Waals surface area contributed by atoms with Crippen molar-refractivity contribution in [3.8, 4) is 5.75 Å². The molecule has 1 heterocycles. The molecule has 0 atom stereocenters. The second-order valence-electron chi connectivity index (χ2n) is 4.91. The van der Waals surface area contributed by atoms with Gasteiger partial charge in [0.2, 0.25) is 0 Å². The average molecular weight is 260 g/mol. The summed E-state index contributed by atoms with van der Waals surface area (Å²) in [6.45, 7) is 6.52. The van der Waals surface area contributed by atoms with E-state index in [1.54, 1.807) is 0 Å². The number of hydrogen-bond acceptors (Lipinski definition) is 3. The van der Waals surface area contributed by atoms with Crippen LogP contribution < -0.4 is 4.74 Å². The topological polar surface area (TPSA) is 47.3 Å². The molecule has 0 fully saturated rings. The fourth-order valence-electron chi connectivity index (χ4n) is 2.30. The van der Waals surface area contributed by atoms with E-state index in [4.69, 9.17) is 4.74 Å². The van der Waals surface area contributed by atoms with Gasteiger partial charge in [0.15, 0.2) is 0 Å². The largest absolute Gasteiger partial charge is 0.487 e. The summed E-state index contributed by atoms with van der Waals surface area (Å²) in [5.74, 6) is 0.885. The first kappa shape index (κ1) is 13.6. The van der Waals surface area contributed by atoms with E-state index in [9.17, 15) is 5.11 Å². The van der Waals surface area contributed by atoms with Gasteiger partial charge in [0.1, 0.15) is 12.4 Å². The zero-order chi connectivity index (χ0) is 14.0. The maximum atomic E-state index is 9.17. The second kappa shape index (κ2) is 5.45. The minimum atomic E-state index is 0.0584. The van der Waals surface area contributed by atoms with Crippen LogP contribution in [0.1, 0.15) is 28.1 Å². The Hall–Kier alpha value is -1.81. The van der Waals surface area contributed by atoms with Gasteiger partial charge in [-0.15, -0.1) is 0 Å². The molecule has 1 aromatic heterocycles. The standard InChI is InChI=1S/C15H20N2O2/c1-10-5-13(8-18)6-11(2)15(10)19-9-14-7-12(3)16-17(14)4/h5-7,18H,8-9H2,1-4H3. The van der Waals surface area contributed by atoms with Crippen LogP contribution in [0.3, 0.4) is 0 Å². The molecule has 19 heavy (non-hydrogen) atoms. The lowest BCUT2D eigenvalue weighted by molar-refractivity contribution is 0.278. The SMILES string of the molecule is Cc1cc(COc2c(C)cc(CO)cc2C)n(C)n1. The number of aliphatic hydroxyl groups excluding tert-OH is 1. The van der Waals surface area contributed by atoms with Crippen LogP contribution in [0, 0.1) is 20.8 Å². The van der Waals surface area contributed by atoms with Gasteiger partial charge < -0.3 is 9.84 Å². The molecular formula is C15H20N2O2. The maximum absolute atomic E-state index is 9.17. The molecule has 0 bridgehead atoms. The molecule has 102 valence electrons. The number of aryl methyl sites for hydroxylation is 4. The first-order valence-electron chi connectivity index (χ1n) is 6.34. The Morgan fingerprint density at radius 3 is 2.26 bits per heavy atom. The van der Waals surface area contributed by atoms with Crippen molar-refractivity contribution in [2.45, 2.75) is 34.0 Å². The Kier molecular flexibility index (Phi) is 3.90. The van der Waals surface area contributed by atoms with Gasteiger partial charge in [-0.3, -0.25) is 4.68 Å². The van der Waals surface area contributed by atoms with Crippen molar-refractivity contribution in [2.24, 2.45) is 7.05 Å². The number of aromatic nitrogens is 2. The second-order valence-corrected chi connectivity index (χ2v) is 4.91. The number of hydrogen-bond donors (Lipinski definition) is 1. The predicted molar refractivity (Wildman–Crippen MR) is 74.1 cm³/mol. The van der Waals surface area contributed by atoms with Crippen LogP contribution in [0.4, 0.5) is 0 Å². The zero-order valence-corrected chi connectivity index (χ0v) is 11.9.